The number of nitrogens with one attached hydrogen (secondary N) is 1. The molecule has 0 spiro atoms. The Bertz CT molecular complexity index is 814. The molecule has 2 aromatic rings. The van der Waals surface area contributed by atoms with Gasteiger partial charge in [0.2, 0.25) is 5.95 Å². The summed E-state index contributed by atoms with van der Waals surface area (Å²) in [6, 6.07) is 0. The normalized spacial score (nSPS) is 11.0. The molecule has 9 heteroatoms. The quantitative estimate of drug-likeness (QED) is 0.757. The lowest BCUT2D eigenvalue weighted by Gasteiger charge is -2.07. The first-order chi connectivity index (χ1) is 9.88. The van der Waals surface area contributed by atoms with E-state index < -0.39 is 17.2 Å². The number of carbonyl (C=O) groups is 1. The fraction of sp³-hybridized carbons (Fsp3) is 0.500. The van der Waals surface area contributed by atoms with Crippen LogP contribution in [0.1, 0.15) is 13.3 Å². The second-order valence-electron chi connectivity index (χ2n) is 4.63. The van der Waals surface area contributed by atoms with Crippen molar-refractivity contribution in [3.05, 3.63) is 20.8 Å². The van der Waals surface area contributed by atoms with Gasteiger partial charge in [-0.15, -0.1) is 0 Å². The SMILES string of the molecule is CCn1c(NCCC(=O)O)nc2c1c(=O)n(C)c(=O)n2C. The van der Waals surface area contributed by atoms with Crippen molar-refractivity contribution >= 4 is 23.1 Å². The molecule has 0 aliphatic carbocycles. The molecule has 0 aliphatic rings. The molecule has 0 radical (unpaired) electrons. The Morgan fingerprint density at radius 2 is 1.95 bits per heavy atom. The minimum Gasteiger partial charge on any atom is -0.481 e. The molecule has 2 rings (SSSR count). The van der Waals surface area contributed by atoms with E-state index in [1.54, 1.807) is 4.57 Å². The van der Waals surface area contributed by atoms with E-state index in [9.17, 15) is 14.4 Å². The first kappa shape index (κ1) is 14.8. The van der Waals surface area contributed by atoms with Crippen molar-refractivity contribution in [1.29, 1.82) is 0 Å². The van der Waals surface area contributed by atoms with Gasteiger partial charge in [-0.2, -0.15) is 4.98 Å². The van der Waals surface area contributed by atoms with Crippen molar-refractivity contribution in [2.75, 3.05) is 11.9 Å². The van der Waals surface area contributed by atoms with E-state index in [0.29, 0.717) is 18.0 Å². The molecule has 0 saturated carbocycles. The summed E-state index contributed by atoms with van der Waals surface area (Å²) in [5.41, 5.74) is -0.276. The maximum absolute atomic E-state index is 12.2. The topological polar surface area (TPSA) is 111 Å². The van der Waals surface area contributed by atoms with Crippen LogP contribution in [0.15, 0.2) is 9.59 Å². The molecule has 0 saturated heterocycles. The number of aliphatic carboxylic acids is 1. The minimum atomic E-state index is -0.926. The number of rotatable bonds is 5. The number of carboxylic acid groups (broad SMARTS) is 1. The van der Waals surface area contributed by atoms with E-state index in [1.807, 2.05) is 6.92 Å². The Morgan fingerprint density at radius 3 is 2.52 bits per heavy atom. The molecule has 21 heavy (non-hydrogen) atoms. The minimum absolute atomic E-state index is 0.0656. The number of nitrogens with zero attached hydrogens (tertiary/aromatic N) is 4. The standard InChI is InChI=1S/C12H17N5O4/c1-4-17-8-9(14-11(17)13-6-5-7(18)19)15(2)12(21)16(3)10(8)20/h4-6H2,1-3H3,(H,13,14)(H,18,19). The Labute approximate surface area is 119 Å². The molecular formula is C12H17N5O4. The molecular weight excluding hydrogens is 278 g/mol. The highest BCUT2D eigenvalue weighted by molar-refractivity contribution is 5.74. The predicted octanol–water partition coefficient (Wildman–Crippen LogP) is -0.660. The molecule has 0 aliphatic heterocycles. The Kier molecular flexibility index (Phi) is 3.83. The zero-order chi connectivity index (χ0) is 15.7. The third-order valence-electron chi connectivity index (χ3n) is 3.29. The Morgan fingerprint density at radius 1 is 1.29 bits per heavy atom. The van der Waals surface area contributed by atoms with Gasteiger partial charge in [-0.25, -0.2) is 4.79 Å². The highest BCUT2D eigenvalue weighted by Crippen LogP contribution is 2.15. The van der Waals surface area contributed by atoms with Gasteiger partial charge in [-0.3, -0.25) is 18.7 Å². The number of imidazole rings is 1. The molecule has 0 bridgehead atoms. The van der Waals surface area contributed by atoms with Crippen molar-refractivity contribution in [2.24, 2.45) is 14.1 Å². The van der Waals surface area contributed by atoms with Gasteiger partial charge in [0.1, 0.15) is 0 Å². The second-order valence-corrected chi connectivity index (χ2v) is 4.63. The first-order valence-corrected chi connectivity index (χ1v) is 6.50. The highest BCUT2D eigenvalue weighted by Gasteiger charge is 2.17. The van der Waals surface area contributed by atoms with E-state index in [-0.39, 0.29) is 18.6 Å². The van der Waals surface area contributed by atoms with Crippen molar-refractivity contribution in [2.45, 2.75) is 19.9 Å². The van der Waals surface area contributed by atoms with Crippen LogP contribution in [0.3, 0.4) is 0 Å². The van der Waals surface area contributed by atoms with Crippen LogP contribution in [0, 0.1) is 0 Å². The van der Waals surface area contributed by atoms with Crippen LogP contribution in [-0.2, 0) is 25.4 Å². The smallest absolute Gasteiger partial charge is 0.332 e. The summed E-state index contributed by atoms with van der Waals surface area (Å²) >= 11 is 0. The summed E-state index contributed by atoms with van der Waals surface area (Å²) in [7, 11) is 2.95. The van der Waals surface area contributed by atoms with E-state index in [1.165, 1.54) is 18.7 Å². The van der Waals surface area contributed by atoms with Crippen LogP contribution in [0.4, 0.5) is 5.95 Å². The molecule has 0 aromatic carbocycles. The number of fused-ring (bicyclic) bond motifs is 1. The van der Waals surface area contributed by atoms with Gasteiger partial charge >= 0.3 is 11.7 Å². The maximum Gasteiger partial charge on any atom is 0.332 e. The van der Waals surface area contributed by atoms with E-state index in [4.69, 9.17) is 5.11 Å². The maximum atomic E-state index is 12.2. The zero-order valence-electron chi connectivity index (χ0n) is 12.1. The van der Waals surface area contributed by atoms with Crippen LogP contribution < -0.4 is 16.6 Å². The van der Waals surface area contributed by atoms with Gasteiger partial charge in [0.15, 0.2) is 11.2 Å². The number of anilines is 1. The molecule has 0 amide bonds. The summed E-state index contributed by atoms with van der Waals surface area (Å²) in [6.07, 6.45) is -0.0656. The lowest BCUT2D eigenvalue weighted by molar-refractivity contribution is -0.136. The summed E-state index contributed by atoms with van der Waals surface area (Å²) < 4.78 is 3.96. The first-order valence-electron chi connectivity index (χ1n) is 6.50. The third kappa shape index (κ3) is 2.41. The van der Waals surface area contributed by atoms with Gasteiger partial charge in [0, 0.05) is 27.2 Å². The van der Waals surface area contributed by atoms with Crippen LogP contribution in [0.25, 0.3) is 11.2 Å². The van der Waals surface area contributed by atoms with Crippen LogP contribution in [0.5, 0.6) is 0 Å². The van der Waals surface area contributed by atoms with Gasteiger partial charge in [-0.1, -0.05) is 0 Å². The third-order valence-corrected chi connectivity index (χ3v) is 3.29. The predicted molar refractivity (Wildman–Crippen MR) is 76.6 cm³/mol. The molecule has 9 nitrogen and oxygen atoms in total. The van der Waals surface area contributed by atoms with Crippen molar-refractivity contribution in [3.8, 4) is 0 Å². The van der Waals surface area contributed by atoms with Gasteiger partial charge in [0.25, 0.3) is 5.56 Å². The number of aryl methyl sites for hydroxylation is 2. The molecule has 2 heterocycles. The van der Waals surface area contributed by atoms with Gasteiger partial charge in [-0.05, 0) is 6.92 Å². The molecule has 114 valence electrons. The average molecular weight is 295 g/mol. The summed E-state index contributed by atoms with van der Waals surface area (Å²) in [5.74, 6) is -0.544. The molecule has 0 atom stereocenters. The number of aromatic nitrogens is 4. The van der Waals surface area contributed by atoms with Gasteiger partial charge in [0.05, 0.1) is 6.42 Å². The van der Waals surface area contributed by atoms with E-state index >= 15 is 0 Å². The average Bonchev–Trinajstić information content (AvgIpc) is 2.81. The molecule has 2 N–H and O–H groups in total. The van der Waals surface area contributed by atoms with Crippen molar-refractivity contribution in [1.82, 2.24) is 18.7 Å². The summed E-state index contributed by atoms with van der Waals surface area (Å²) in [4.78, 5) is 38.9. The van der Waals surface area contributed by atoms with Crippen LogP contribution in [-0.4, -0.2) is 36.3 Å². The van der Waals surface area contributed by atoms with Crippen LogP contribution >= 0.6 is 0 Å². The fourth-order valence-electron chi connectivity index (χ4n) is 2.17. The summed E-state index contributed by atoms with van der Waals surface area (Å²) in [6.45, 7) is 2.50. The number of carboxylic acids is 1. The second kappa shape index (κ2) is 5.43. The van der Waals surface area contributed by atoms with Gasteiger partial charge < -0.3 is 15.0 Å². The monoisotopic (exact) mass is 295 g/mol. The molecule has 2 aromatic heterocycles. The Balaban J connectivity index is 2.61. The number of hydrogen-bond acceptors (Lipinski definition) is 5. The molecule has 0 fully saturated rings. The molecule has 0 unspecified atom stereocenters. The Hall–Kier alpha value is -2.58. The largest absolute Gasteiger partial charge is 0.481 e. The highest BCUT2D eigenvalue weighted by atomic mass is 16.4. The van der Waals surface area contributed by atoms with E-state index in [0.717, 1.165) is 4.57 Å². The summed E-state index contributed by atoms with van der Waals surface area (Å²) in [5, 5.41) is 11.5. The zero-order valence-corrected chi connectivity index (χ0v) is 12.1. The van der Waals surface area contributed by atoms with E-state index in [2.05, 4.69) is 10.3 Å². The van der Waals surface area contributed by atoms with Crippen LogP contribution in [0.2, 0.25) is 0 Å². The van der Waals surface area contributed by atoms with Crippen molar-refractivity contribution < 1.29 is 9.90 Å². The van der Waals surface area contributed by atoms with Crippen molar-refractivity contribution in [3.63, 3.8) is 0 Å². The fourth-order valence-corrected chi connectivity index (χ4v) is 2.17. The number of hydrogen-bond donors (Lipinski definition) is 2. The lowest BCUT2D eigenvalue weighted by atomic mass is 10.4. The lowest BCUT2D eigenvalue weighted by Crippen LogP contribution is -2.37.